The van der Waals surface area contributed by atoms with Crippen molar-refractivity contribution in [2.45, 2.75) is 13.0 Å². The maximum absolute atomic E-state index is 12.4. The first-order valence-electron chi connectivity index (χ1n) is 7.73. The summed E-state index contributed by atoms with van der Waals surface area (Å²) in [5.74, 6) is -0.189. The van der Waals surface area contributed by atoms with E-state index in [0.29, 0.717) is 11.3 Å². The van der Waals surface area contributed by atoms with E-state index in [-0.39, 0.29) is 5.91 Å². The number of anilines is 2. The summed E-state index contributed by atoms with van der Waals surface area (Å²) in [6.45, 7) is 1.79. The number of carbonyl (C=O) groups is 1. The van der Waals surface area contributed by atoms with Gasteiger partial charge in [0, 0.05) is 5.69 Å². The number of hydrogen-bond donors (Lipinski definition) is 2. The van der Waals surface area contributed by atoms with Crippen molar-refractivity contribution < 1.29 is 4.79 Å². The van der Waals surface area contributed by atoms with Crippen molar-refractivity contribution >= 4 is 28.1 Å². The molecule has 4 heteroatoms. The molecule has 0 aliphatic heterocycles. The predicted octanol–water partition coefficient (Wildman–Crippen LogP) is 4.15. The smallest absolute Gasteiger partial charge is 0.246 e. The van der Waals surface area contributed by atoms with Crippen LogP contribution in [0.5, 0.6) is 0 Å². The van der Waals surface area contributed by atoms with E-state index in [1.54, 1.807) is 31.2 Å². The van der Waals surface area contributed by atoms with Crippen LogP contribution in [-0.2, 0) is 4.79 Å². The highest BCUT2D eigenvalue weighted by Crippen LogP contribution is 2.20. The molecule has 0 spiro atoms. The molecule has 0 fully saturated rings. The van der Waals surface area contributed by atoms with Gasteiger partial charge in [0.05, 0.1) is 11.3 Å². The van der Waals surface area contributed by atoms with E-state index in [0.717, 1.165) is 16.5 Å². The monoisotopic (exact) mass is 315 g/mol. The van der Waals surface area contributed by atoms with Crippen molar-refractivity contribution in [3.63, 3.8) is 0 Å². The van der Waals surface area contributed by atoms with E-state index in [1.165, 1.54) is 0 Å². The number of para-hydroxylation sites is 1. The van der Waals surface area contributed by atoms with Crippen LogP contribution in [0.2, 0.25) is 0 Å². The highest BCUT2D eigenvalue weighted by atomic mass is 16.2. The number of fused-ring (bicyclic) bond motifs is 1. The van der Waals surface area contributed by atoms with Crippen molar-refractivity contribution in [3.05, 3.63) is 72.3 Å². The van der Waals surface area contributed by atoms with Crippen molar-refractivity contribution in [3.8, 4) is 6.07 Å². The highest BCUT2D eigenvalue weighted by Gasteiger charge is 2.14. The molecule has 0 saturated carbocycles. The summed E-state index contributed by atoms with van der Waals surface area (Å²) in [6.07, 6.45) is 0. The number of amides is 1. The maximum atomic E-state index is 12.4. The molecular formula is C20H17N3O. The van der Waals surface area contributed by atoms with Crippen LogP contribution < -0.4 is 10.6 Å². The minimum absolute atomic E-state index is 0.189. The van der Waals surface area contributed by atoms with E-state index in [9.17, 15) is 4.79 Å². The fourth-order valence-corrected chi connectivity index (χ4v) is 2.53. The molecule has 0 aliphatic rings. The zero-order chi connectivity index (χ0) is 16.9. The quantitative estimate of drug-likeness (QED) is 0.760. The first-order valence-corrected chi connectivity index (χ1v) is 7.73. The summed E-state index contributed by atoms with van der Waals surface area (Å²) in [6, 6.07) is 22.7. The molecule has 4 nitrogen and oxygen atoms in total. The van der Waals surface area contributed by atoms with Crippen LogP contribution in [-0.4, -0.2) is 11.9 Å². The normalized spacial score (nSPS) is 11.5. The molecule has 0 bridgehead atoms. The molecular weight excluding hydrogens is 298 g/mol. The van der Waals surface area contributed by atoms with E-state index < -0.39 is 6.04 Å². The van der Waals surface area contributed by atoms with Crippen molar-refractivity contribution in [2.75, 3.05) is 10.6 Å². The average molecular weight is 315 g/mol. The van der Waals surface area contributed by atoms with Gasteiger partial charge in [0.25, 0.3) is 0 Å². The molecule has 3 aromatic rings. The fourth-order valence-electron chi connectivity index (χ4n) is 2.53. The van der Waals surface area contributed by atoms with Gasteiger partial charge in [-0.25, -0.2) is 0 Å². The lowest BCUT2D eigenvalue weighted by Gasteiger charge is -2.16. The van der Waals surface area contributed by atoms with Crippen molar-refractivity contribution in [1.29, 1.82) is 5.26 Å². The van der Waals surface area contributed by atoms with Gasteiger partial charge in [0.2, 0.25) is 5.91 Å². The highest BCUT2D eigenvalue weighted by molar-refractivity contribution is 5.97. The number of hydrogen-bond acceptors (Lipinski definition) is 3. The van der Waals surface area contributed by atoms with Crippen molar-refractivity contribution in [1.82, 2.24) is 0 Å². The van der Waals surface area contributed by atoms with Gasteiger partial charge >= 0.3 is 0 Å². The molecule has 0 saturated heterocycles. The number of carbonyl (C=O) groups excluding carboxylic acids is 1. The summed E-state index contributed by atoms with van der Waals surface area (Å²) in [7, 11) is 0. The van der Waals surface area contributed by atoms with E-state index >= 15 is 0 Å². The topological polar surface area (TPSA) is 64.9 Å². The Morgan fingerprint density at radius 1 is 1.00 bits per heavy atom. The number of nitriles is 1. The van der Waals surface area contributed by atoms with Gasteiger partial charge in [-0.1, -0.05) is 42.5 Å². The molecule has 0 aromatic heterocycles. The SMILES string of the molecule is C[C@H](Nc1ccc2ccccc2c1)C(=O)Nc1ccccc1C#N. The molecule has 1 atom stereocenters. The lowest BCUT2D eigenvalue weighted by atomic mass is 10.1. The number of nitrogens with zero attached hydrogens (tertiary/aromatic N) is 1. The Morgan fingerprint density at radius 3 is 2.50 bits per heavy atom. The van der Waals surface area contributed by atoms with E-state index in [2.05, 4.69) is 16.7 Å². The standard InChI is InChI=1S/C20H17N3O/c1-14(20(24)23-19-9-5-4-8-17(19)13-21)22-18-11-10-15-6-2-3-7-16(15)12-18/h2-12,14,22H,1H3,(H,23,24)/t14-/m0/s1. The molecule has 0 heterocycles. The van der Waals surface area contributed by atoms with E-state index in [1.807, 2.05) is 42.5 Å². The number of nitrogens with one attached hydrogen (secondary N) is 2. The van der Waals surface area contributed by atoms with E-state index in [4.69, 9.17) is 5.26 Å². The van der Waals surface area contributed by atoms with Crippen LogP contribution in [0.4, 0.5) is 11.4 Å². The Hall–Kier alpha value is -3.32. The predicted molar refractivity (Wildman–Crippen MR) is 96.8 cm³/mol. The van der Waals surface area contributed by atoms with Gasteiger partial charge in [-0.2, -0.15) is 5.26 Å². The first-order chi connectivity index (χ1) is 11.7. The summed E-state index contributed by atoms with van der Waals surface area (Å²) in [5, 5.41) is 17.4. The molecule has 3 aromatic carbocycles. The Bertz CT molecular complexity index is 927. The van der Waals surface area contributed by atoms with Gasteiger partial charge in [0.1, 0.15) is 12.1 Å². The molecule has 2 N–H and O–H groups in total. The molecule has 0 aliphatic carbocycles. The Morgan fingerprint density at radius 2 is 1.71 bits per heavy atom. The Labute approximate surface area is 140 Å². The second-order valence-electron chi connectivity index (χ2n) is 5.57. The fraction of sp³-hybridized carbons (Fsp3) is 0.100. The third kappa shape index (κ3) is 3.36. The molecule has 0 unspecified atom stereocenters. The second kappa shape index (κ2) is 6.84. The minimum Gasteiger partial charge on any atom is -0.374 e. The van der Waals surface area contributed by atoms with Crippen LogP contribution in [0.15, 0.2) is 66.7 Å². The zero-order valence-corrected chi connectivity index (χ0v) is 13.3. The number of rotatable bonds is 4. The van der Waals surface area contributed by atoms with Gasteiger partial charge in [0.15, 0.2) is 0 Å². The third-order valence-electron chi connectivity index (χ3n) is 3.83. The van der Waals surface area contributed by atoms with Crippen LogP contribution in [0.1, 0.15) is 12.5 Å². The lowest BCUT2D eigenvalue weighted by Crippen LogP contribution is -2.32. The lowest BCUT2D eigenvalue weighted by molar-refractivity contribution is -0.116. The first kappa shape index (κ1) is 15.6. The zero-order valence-electron chi connectivity index (χ0n) is 13.3. The summed E-state index contributed by atoms with van der Waals surface area (Å²) >= 11 is 0. The maximum Gasteiger partial charge on any atom is 0.246 e. The third-order valence-corrected chi connectivity index (χ3v) is 3.83. The average Bonchev–Trinajstić information content (AvgIpc) is 2.62. The van der Waals surface area contributed by atoms with Crippen molar-refractivity contribution in [2.24, 2.45) is 0 Å². The molecule has 24 heavy (non-hydrogen) atoms. The van der Waals surface area contributed by atoms with Crippen LogP contribution >= 0.6 is 0 Å². The van der Waals surface area contributed by atoms with Crippen LogP contribution in [0.25, 0.3) is 10.8 Å². The molecule has 0 radical (unpaired) electrons. The second-order valence-corrected chi connectivity index (χ2v) is 5.57. The van der Waals surface area contributed by atoms with Gasteiger partial charge < -0.3 is 10.6 Å². The Balaban J connectivity index is 1.72. The summed E-state index contributed by atoms with van der Waals surface area (Å²) in [4.78, 5) is 12.4. The van der Waals surface area contributed by atoms with Gasteiger partial charge in [-0.3, -0.25) is 4.79 Å². The molecule has 118 valence electrons. The minimum atomic E-state index is -0.432. The largest absolute Gasteiger partial charge is 0.374 e. The van der Waals surface area contributed by atoms with Crippen LogP contribution in [0, 0.1) is 11.3 Å². The van der Waals surface area contributed by atoms with Crippen LogP contribution in [0.3, 0.4) is 0 Å². The van der Waals surface area contributed by atoms with Gasteiger partial charge in [-0.05, 0) is 42.0 Å². The van der Waals surface area contributed by atoms with Gasteiger partial charge in [-0.15, -0.1) is 0 Å². The summed E-state index contributed by atoms with van der Waals surface area (Å²) in [5.41, 5.74) is 1.85. The molecule has 3 rings (SSSR count). The summed E-state index contributed by atoms with van der Waals surface area (Å²) < 4.78 is 0. The molecule has 1 amide bonds. The Kier molecular flexibility index (Phi) is 4.44. The number of benzene rings is 3.